The molecule has 2 atom stereocenters. The molecule has 0 radical (unpaired) electrons. The second-order valence-corrected chi connectivity index (χ2v) is 9.19. The molecule has 1 aromatic carbocycles. The molecule has 2 aromatic heterocycles. The van der Waals surface area contributed by atoms with Crippen molar-refractivity contribution in [3.8, 4) is 0 Å². The monoisotopic (exact) mass is 455 g/mol. The molecule has 0 spiro atoms. The number of aromatic nitrogens is 3. The fraction of sp³-hybridized carbons (Fsp3) is 0.318. The van der Waals surface area contributed by atoms with Gasteiger partial charge in [0.1, 0.15) is 12.1 Å². The summed E-state index contributed by atoms with van der Waals surface area (Å²) in [7, 11) is -3.94. The molecular weight excluding hydrogens is 430 g/mol. The zero-order valence-corrected chi connectivity index (χ0v) is 18.2. The number of benzene rings is 1. The van der Waals surface area contributed by atoms with Gasteiger partial charge in [0.25, 0.3) is 0 Å². The Kier molecular flexibility index (Phi) is 6.63. The lowest BCUT2D eigenvalue weighted by Gasteiger charge is -2.16. The molecule has 1 fully saturated rings. The first-order valence-electron chi connectivity index (χ1n) is 10.4. The van der Waals surface area contributed by atoms with E-state index in [1.807, 2.05) is 47.3 Å². The average molecular weight is 456 g/mol. The van der Waals surface area contributed by atoms with Crippen molar-refractivity contribution in [2.24, 2.45) is 11.1 Å². The molecule has 0 amide bonds. The van der Waals surface area contributed by atoms with Gasteiger partial charge < -0.3 is 9.88 Å². The van der Waals surface area contributed by atoms with Crippen LogP contribution in [-0.4, -0.2) is 41.4 Å². The summed E-state index contributed by atoms with van der Waals surface area (Å²) < 4.78 is 28.7. The third-order valence-corrected chi connectivity index (χ3v) is 5.99. The Morgan fingerprint density at radius 1 is 1.22 bits per heavy atom. The number of carbonyl (C=O) groups is 1. The van der Waals surface area contributed by atoms with Crippen molar-refractivity contribution in [2.45, 2.75) is 31.8 Å². The summed E-state index contributed by atoms with van der Waals surface area (Å²) >= 11 is 0. The van der Waals surface area contributed by atoms with Crippen molar-refractivity contribution >= 4 is 21.9 Å². The number of nitrogens with two attached hydrogens (primary N) is 1. The zero-order valence-electron chi connectivity index (χ0n) is 17.4. The summed E-state index contributed by atoms with van der Waals surface area (Å²) in [6.45, 7) is 0.732. The average Bonchev–Trinajstić information content (AvgIpc) is 3.42. The topological polar surface area (TPSA) is 129 Å². The zero-order chi connectivity index (χ0) is 22.6. The van der Waals surface area contributed by atoms with E-state index >= 15 is 0 Å². The normalized spacial score (nSPS) is 18.5. The number of rotatable bonds is 9. The van der Waals surface area contributed by atoms with Gasteiger partial charge in [0.15, 0.2) is 5.78 Å². The first kappa shape index (κ1) is 22.1. The fourth-order valence-corrected chi connectivity index (χ4v) is 4.36. The smallest absolute Gasteiger partial charge is 0.333 e. The van der Waals surface area contributed by atoms with Crippen LogP contribution in [0.2, 0.25) is 0 Å². The molecule has 0 unspecified atom stereocenters. The van der Waals surface area contributed by atoms with Crippen molar-refractivity contribution in [3.05, 3.63) is 78.0 Å². The van der Waals surface area contributed by atoms with Gasteiger partial charge in [0.05, 0.1) is 12.2 Å². The molecule has 1 saturated carbocycles. The van der Waals surface area contributed by atoms with Crippen molar-refractivity contribution < 1.29 is 17.4 Å². The Hall–Kier alpha value is -3.08. The largest absolute Gasteiger partial charge is 0.367 e. The summed E-state index contributed by atoms with van der Waals surface area (Å²) in [5.41, 5.74) is 2.11. The van der Waals surface area contributed by atoms with Crippen molar-refractivity contribution in [2.75, 3.05) is 11.9 Å². The van der Waals surface area contributed by atoms with Crippen molar-refractivity contribution in [1.29, 1.82) is 0 Å². The van der Waals surface area contributed by atoms with E-state index in [2.05, 4.69) is 15.3 Å². The molecule has 32 heavy (non-hydrogen) atoms. The van der Waals surface area contributed by atoms with Crippen LogP contribution in [0.5, 0.6) is 0 Å². The highest BCUT2D eigenvalue weighted by molar-refractivity contribution is 7.84. The van der Waals surface area contributed by atoms with Crippen LogP contribution in [0, 0.1) is 5.92 Å². The van der Waals surface area contributed by atoms with Gasteiger partial charge in [0, 0.05) is 36.7 Å². The summed E-state index contributed by atoms with van der Waals surface area (Å²) in [5, 5.41) is 8.22. The minimum absolute atomic E-state index is 0.0493. The van der Waals surface area contributed by atoms with Gasteiger partial charge >= 0.3 is 10.3 Å². The van der Waals surface area contributed by atoms with Crippen LogP contribution in [0.4, 0.5) is 5.82 Å². The maximum atomic E-state index is 13.1. The van der Waals surface area contributed by atoms with Gasteiger partial charge in [0.2, 0.25) is 0 Å². The van der Waals surface area contributed by atoms with Gasteiger partial charge in [-0.05, 0) is 36.8 Å². The number of nitrogens with one attached hydrogen (secondary N) is 1. The lowest BCUT2D eigenvalue weighted by atomic mass is 10.1. The van der Waals surface area contributed by atoms with Crippen LogP contribution < -0.4 is 10.5 Å². The minimum atomic E-state index is -3.94. The van der Waals surface area contributed by atoms with Gasteiger partial charge in [-0.3, -0.25) is 8.98 Å². The van der Waals surface area contributed by atoms with E-state index in [1.54, 1.807) is 6.07 Å². The standard InChI is InChI=1S/C22H25N5O4S/c23-32(29,30)31-14-17-6-7-19(10-17)26-22-20(11-24-15-25-22)21(28)18-8-9-27(13-18)12-16-4-2-1-3-5-16/h1-5,8-9,11,13,15,17,19H,6-7,10,12,14H2,(H2,23,29,30)(H,24,25,26)/t17-,19+/m1/s1. The van der Waals surface area contributed by atoms with Gasteiger partial charge in [-0.15, -0.1) is 0 Å². The molecule has 9 nitrogen and oxygen atoms in total. The summed E-state index contributed by atoms with van der Waals surface area (Å²) in [4.78, 5) is 21.5. The quantitative estimate of drug-likeness (QED) is 0.474. The number of hydrogen-bond acceptors (Lipinski definition) is 7. The van der Waals surface area contributed by atoms with Crippen molar-refractivity contribution in [3.63, 3.8) is 0 Å². The molecule has 168 valence electrons. The second-order valence-electron chi connectivity index (χ2n) is 7.97. The van der Waals surface area contributed by atoms with Crippen LogP contribution in [0.3, 0.4) is 0 Å². The Morgan fingerprint density at radius 3 is 2.81 bits per heavy atom. The highest BCUT2D eigenvalue weighted by atomic mass is 32.2. The molecule has 10 heteroatoms. The molecule has 0 bridgehead atoms. The Labute approximate surface area is 186 Å². The molecule has 1 aliphatic rings. The number of ketones is 1. The van der Waals surface area contributed by atoms with Crippen LogP contribution >= 0.6 is 0 Å². The van der Waals surface area contributed by atoms with E-state index in [-0.39, 0.29) is 24.3 Å². The second kappa shape index (κ2) is 9.60. The summed E-state index contributed by atoms with van der Waals surface area (Å²) in [6, 6.07) is 11.9. The number of nitrogens with zero attached hydrogens (tertiary/aromatic N) is 3. The van der Waals surface area contributed by atoms with E-state index in [0.29, 0.717) is 29.9 Å². The minimum Gasteiger partial charge on any atom is -0.367 e. The third-order valence-electron chi connectivity index (χ3n) is 5.53. The Bertz CT molecular complexity index is 1180. The lowest BCUT2D eigenvalue weighted by molar-refractivity contribution is 0.103. The van der Waals surface area contributed by atoms with E-state index in [0.717, 1.165) is 18.4 Å². The Balaban J connectivity index is 1.42. The lowest BCUT2D eigenvalue weighted by Crippen LogP contribution is -2.22. The predicted octanol–water partition coefficient (Wildman–Crippen LogP) is 2.36. The molecule has 1 aliphatic carbocycles. The van der Waals surface area contributed by atoms with Crippen molar-refractivity contribution in [1.82, 2.24) is 14.5 Å². The molecule has 0 saturated heterocycles. The fourth-order valence-electron chi connectivity index (χ4n) is 3.98. The molecule has 3 N–H and O–H groups in total. The molecule has 0 aliphatic heterocycles. The first-order valence-corrected chi connectivity index (χ1v) is 11.8. The number of anilines is 1. The Morgan fingerprint density at radius 2 is 2.03 bits per heavy atom. The maximum Gasteiger partial charge on any atom is 0.333 e. The van der Waals surface area contributed by atoms with E-state index in [4.69, 9.17) is 9.32 Å². The van der Waals surface area contributed by atoms with Crippen LogP contribution in [0.25, 0.3) is 0 Å². The van der Waals surface area contributed by atoms with Gasteiger partial charge in [-0.25, -0.2) is 15.1 Å². The highest BCUT2D eigenvalue weighted by Gasteiger charge is 2.27. The summed E-state index contributed by atoms with van der Waals surface area (Å²) in [5.74, 6) is 0.379. The highest BCUT2D eigenvalue weighted by Crippen LogP contribution is 2.29. The third kappa shape index (κ3) is 5.78. The van der Waals surface area contributed by atoms with Crippen LogP contribution in [0.1, 0.15) is 40.7 Å². The van der Waals surface area contributed by atoms with E-state index in [9.17, 15) is 13.2 Å². The SMILES string of the molecule is NS(=O)(=O)OC[C@@H]1CC[C@H](Nc2ncncc2C(=O)c2ccn(Cc3ccccc3)c2)C1. The predicted molar refractivity (Wildman–Crippen MR) is 119 cm³/mol. The molecule has 4 rings (SSSR count). The van der Waals surface area contributed by atoms with Gasteiger partial charge in [-0.1, -0.05) is 30.3 Å². The maximum absolute atomic E-state index is 13.1. The molecular formula is C22H25N5O4S. The summed E-state index contributed by atoms with van der Waals surface area (Å²) in [6.07, 6.45) is 8.92. The number of hydrogen-bond donors (Lipinski definition) is 2. The molecule has 2 heterocycles. The van der Waals surface area contributed by atoms with Crippen LogP contribution in [-0.2, 0) is 21.0 Å². The number of carbonyl (C=O) groups excluding carboxylic acids is 1. The van der Waals surface area contributed by atoms with Gasteiger partial charge in [-0.2, -0.15) is 8.42 Å². The van der Waals surface area contributed by atoms with E-state index in [1.165, 1.54) is 12.5 Å². The first-order chi connectivity index (χ1) is 15.4. The van der Waals surface area contributed by atoms with E-state index < -0.39 is 10.3 Å². The van der Waals surface area contributed by atoms with Crippen LogP contribution in [0.15, 0.2) is 61.3 Å². The molecule has 3 aromatic rings.